The summed E-state index contributed by atoms with van der Waals surface area (Å²) in [5.41, 5.74) is 0. The first-order valence-electron chi connectivity index (χ1n) is 5.06. The Labute approximate surface area is 82.6 Å². The average molecular weight is 203 g/mol. The highest BCUT2D eigenvalue weighted by Crippen LogP contribution is 2.31. The highest BCUT2D eigenvalue weighted by molar-refractivity contribution is 5.02. The molecule has 0 bridgehead atoms. The largest absolute Gasteiger partial charge is 0.395 e. The molecule has 3 unspecified atom stereocenters. The molecule has 2 fully saturated rings. The van der Waals surface area contributed by atoms with Crippen LogP contribution in [0.15, 0.2) is 0 Å². The van der Waals surface area contributed by atoms with E-state index in [1.54, 1.807) is 0 Å². The van der Waals surface area contributed by atoms with Crippen LogP contribution in [0.2, 0.25) is 0 Å². The highest BCUT2D eigenvalue weighted by atomic mass is 16.3. The summed E-state index contributed by atoms with van der Waals surface area (Å²) in [6.07, 6.45) is -0.991. The molecule has 2 aliphatic heterocycles. The van der Waals surface area contributed by atoms with Crippen LogP contribution >= 0.6 is 0 Å². The molecule has 0 amide bonds. The molecular formula is C9H17NO4. The van der Waals surface area contributed by atoms with Gasteiger partial charge in [-0.05, 0) is 12.8 Å². The minimum absolute atomic E-state index is 0.0165. The number of hydrogen-bond acceptors (Lipinski definition) is 5. The SMILES string of the molecule is OCC1CCC(O)[C@@H]2C(O)[C@@H](O)CN12. The van der Waals surface area contributed by atoms with Crippen LogP contribution < -0.4 is 0 Å². The predicted molar refractivity (Wildman–Crippen MR) is 48.6 cm³/mol. The first-order chi connectivity index (χ1) is 6.65. The zero-order valence-electron chi connectivity index (χ0n) is 7.95. The Hall–Kier alpha value is -0.200. The maximum absolute atomic E-state index is 9.69. The van der Waals surface area contributed by atoms with E-state index in [0.717, 1.165) is 0 Å². The fourth-order valence-corrected chi connectivity index (χ4v) is 2.61. The number of aliphatic hydroxyl groups is 4. The van der Waals surface area contributed by atoms with Crippen LogP contribution in [0.5, 0.6) is 0 Å². The van der Waals surface area contributed by atoms with Crippen molar-refractivity contribution in [3.8, 4) is 0 Å². The summed E-state index contributed by atoms with van der Waals surface area (Å²) in [5, 5.41) is 37.9. The number of rotatable bonds is 1. The fourth-order valence-electron chi connectivity index (χ4n) is 2.61. The summed E-state index contributed by atoms with van der Waals surface area (Å²) >= 11 is 0. The summed E-state index contributed by atoms with van der Waals surface area (Å²) in [5.74, 6) is 0. The Morgan fingerprint density at radius 2 is 1.79 bits per heavy atom. The van der Waals surface area contributed by atoms with Gasteiger partial charge in [0.15, 0.2) is 0 Å². The summed E-state index contributed by atoms with van der Waals surface area (Å²) < 4.78 is 0. The van der Waals surface area contributed by atoms with Crippen molar-refractivity contribution in [1.82, 2.24) is 4.90 Å². The molecule has 5 heteroatoms. The topological polar surface area (TPSA) is 84.2 Å². The van der Waals surface area contributed by atoms with Crippen LogP contribution in [0.4, 0.5) is 0 Å². The molecule has 0 aromatic heterocycles. The first kappa shape index (κ1) is 10.3. The summed E-state index contributed by atoms with van der Waals surface area (Å²) in [6, 6.07) is -0.439. The van der Waals surface area contributed by atoms with Gasteiger partial charge in [0, 0.05) is 12.6 Å². The van der Waals surface area contributed by atoms with E-state index in [0.29, 0.717) is 19.4 Å². The van der Waals surface area contributed by atoms with E-state index in [9.17, 15) is 15.3 Å². The Kier molecular flexibility index (Phi) is 2.77. The lowest BCUT2D eigenvalue weighted by atomic mass is 9.93. The van der Waals surface area contributed by atoms with Crippen molar-refractivity contribution in [2.45, 2.75) is 43.2 Å². The monoisotopic (exact) mass is 203 g/mol. The molecule has 0 aromatic carbocycles. The molecule has 0 saturated carbocycles. The molecule has 0 aromatic rings. The number of aliphatic hydroxyl groups excluding tert-OH is 4. The summed E-state index contributed by atoms with van der Waals surface area (Å²) in [6.45, 7) is 0.358. The first-order valence-corrected chi connectivity index (χ1v) is 5.06. The van der Waals surface area contributed by atoms with Gasteiger partial charge in [-0.1, -0.05) is 0 Å². The fraction of sp³-hybridized carbons (Fsp3) is 1.00. The van der Waals surface area contributed by atoms with Gasteiger partial charge in [-0.3, -0.25) is 4.90 Å². The van der Waals surface area contributed by atoms with Crippen molar-refractivity contribution in [1.29, 1.82) is 0 Å². The third-order valence-electron chi connectivity index (χ3n) is 3.39. The zero-order valence-corrected chi connectivity index (χ0v) is 7.95. The predicted octanol–water partition coefficient (Wildman–Crippen LogP) is -2.09. The molecule has 0 radical (unpaired) electrons. The van der Waals surface area contributed by atoms with E-state index < -0.39 is 24.4 Å². The molecule has 2 heterocycles. The molecule has 82 valence electrons. The molecular weight excluding hydrogens is 186 g/mol. The van der Waals surface area contributed by atoms with E-state index in [4.69, 9.17) is 5.11 Å². The second kappa shape index (κ2) is 3.75. The Morgan fingerprint density at radius 1 is 1.07 bits per heavy atom. The van der Waals surface area contributed by atoms with Crippen molar-refractivity contribution in [2.75, 3.05) is 13.2 Å². The standard InChI is InChI=1S/C9H17NO4/c11-4-5-1-2-6(12)8-9(14)7(13)3-10(5)8/h5-9,11-14H,1-4H2/t5?,6?,7-,8+,9?/m0/s1. The molecule has 4 N–H and O–H groups in total. The third-order valence-corrected chi connectivity index (χ3v) is 3.39. The van der Waals surface area contributed by atoms with Crippen molar-refractivity contribution >= 4 is 0 Å². The zero-order chi connectivity index (χ0) is 10.3. The van der Waals surface area contributed by atoms with Gasteiger partial charge in [-0.25, -0.2) is 0 Å². The molecule has 5 atom stereocenters. The maximum Gasteiger partial charge on any atom is 0.0991 e. The Morgan fingerprint density at radius 3 is 2.43 bits per heavy atom. The van der Waals surface area contributed by atoms with E-state index in [1.165, 1.54) is 0 Å². The van der Waals surface area contributed by atoms with Crippen LogP contribution in [0.25, 0.3) is 0 Å². The lowest BCUT2D eigenvalue weighted by Crippen LogP contribution is -2.54. The van der Waals surface area contributed by atoms with Crippen molar-refractivity contribution in [3.63, 3.8) is 0 Å². The molecule has 2 rings (SSSR count). The van der Waals surface area contributed by atoms with Gasteiger partial charge in [0.2, 0.25) is 0 Å². The van der Waals surface area contributed by atoms with Crippen molar-refractivity contribution < 1.29 is 20.4 Å². The second-order valence-corrected chi connectivity index (χ2v) is 4.23. The normalized spacial score (nSPS) is 49.3. The summed E-state index contributed by atoms with van der Waals surface area (Å²) in [7, 11) is 0. The lowest BCUT2D eigenvalue weighted by Gasteiger charge is -2.40. The van der Waals surface area contributed by atoms with Gasteiger partial charge in [-0.2, -0.15) is 0 Å². The molecule has 5 nitrogen and oxygen atoms in total. The van der Waals surface area contributed by atoms with Gasteiger partial charge in [0.05, 0.1) is 31.0 Å². The minimum atomic E-state index is -0.889. The van der Waals surface area contributed by atoms with Gasteiger partial charge in [-0.15, -0.1) is 0 Å². The average Bonchev–Trinajstić information content (AvgIpc) is 2.45. The molecule has 0 spiro atoms. The van der Waals surface area contributed by atoms with E-state index in [-0.39, 0.29) is 12.6 Å². The number of hydrogen-bond donors (Lipinski definition) is 4. The van der Waals surface area contributed by atoms with E-state index in [1.807, 2.05) is 4.90 Å². The van der Waals surface area contributed by atoms with Gasteiger partial charge in [0.1, 0.15) is 0 Å². The van der Waals surface area contributed by atoms with Crippen LogP contribution in [-0.2, 0) is 0 Å². The molecule has 2 saturated heterocycles. The molecule has 0 aliphatic carbocycles. The van der Waals surface area contributed by atoms with Gasteiger partial charge < -0.3 is 20.4 Å². The Bertz CT molecular complexity index is 213. The summed E-state index contributed by atoms with van der Waals surface area (Å²) in [4.78, 5) is 1.82. The lowest BCUT2D eigenvalue weighted by molar-refractivity contribution is -0.0536. The van der Waals surface area contributed by atoms with Crippen molar-refractivity contribution in [3.05, 3.63) is 0 Å². The van der Waals surface area contributed by atoms with Crippen LogP contribution in [0, 0.1) is 0 Å². The molecule has 2 aliphatic rings. The maximum atomic E-state index is 9.69. The third kappa shape index (κ3) is 1.45. The quantitative estimate of drug-likeness (QED) is 0.393. The highest BCUT2D eigenvalue weighted by Gasteiger charge is 2.48. The molecule has 14 heavy (non-hydrogen) atoms. The van der Waals surface area contributed by atoms with E-state index in [2.05, 4.69) is 0 Å². The minimum Gasteiger partial charge on any atom is -0.395 e. The van der Waals surface area contributed by atoms with Gasteiger partial charge >= 0.3 is 0 Å². The van der Waals surface area contributed by atoms with Crippen LogP contribution in [-0.4, -0.2) is 68.9 Å². The Balaban J connectivity index is 2.15. The number of nitrogens with zero attached hydrogens (tertiary/aromatic N) is 1. The van der Waals surface area contributed by atoms with Crippen LogP contribution in [0.3, 0.4) is 0 Å². The number of fused-ring (bicyclic) bond motifs is 1. The number of piperidine rings is 1. The smallest absolute Gasteiger partial charge is 0.0991 e. The van der Waals surface area contributed by atoms with Crippen LogP contribution in [0.1, 0.15) is 12.8 Å². The van der Waals surface area contributed by atoms with Gasteiger partial charge in [0.25, 0.3) is 0 Å². The second-order valence-electron chi connectivity index (χ2n) is 4.23. The van der Waals surface area contributed by atoms with Crippen molar-refractivity contribution in [2.24, 2.45) is 0 Å². The van der Waals surface area contributed by atoms with E-state index >= 15 is 0 Å².